The Labute approximate surface area is 149 Å². The van der Waals surface area contributed by atoms with E-state index >= 15 is 0 Å². The lowest BCUT2D eigenvalue weighted by Gasteiger charge is -2.28. The smallest absolute Gasteiger partial charge is 0.265 e. The molecule has 1 amide bonds. The zero-order valence-electron chi connectivity index (χ0n) is 13.4. The Morgan fingerprint density at radius 2 is 1.96 bits per heavy atom. The van der Waals surface area contributed by atoms with Gasteiger partial charge in [-0.05, 0) is 48.9 Å². The van der Waals surface area contributed by atoms with E-state index in [-0.39, 0.29) is 19.1 Å². The Bertz CT molecular complexity index is 937. The highest BCUT2D eigenvalue weighted by Gasteiger charge is 2.27. The molecule has 0 saturated carbocycles. The summed E-state index contributed by atoms with van der Waals surface area (Å²) < 4.78 is 11.2. The lowest BCUT2D eigenvalue weighted by Crippen LogP contribution is -2.38. The summed E-state index contributed by atoms with van der Waals surface area (Å²) in [5.41, 5.74) is 2.52. The fourth-order valence-electron chi connectivity index (χ4n) is 2.65. The van der Waals surface area contributed by atoms with Gasteiger partial charge in [0.1, 0.15) is 12.3 Å². The molecule has 2 aromatic carbocycles. The number of halogens is 1. The van der Waals surface area contributed by atoms with E-state index in [1.54, 1.807) is 29.2 Å². The van der Waals surface area contributed by atoms with Gasteiger partial charge in [-0.2, -0.15) is 0 Å². The van der Waals surface area contributed by atoms with Crippen LogP contribution in [0, 0.1) is 6.92 Å². The van der Waals surface area contributed by atoms with Crippen molar-refractivity contribution < 1.29 is 13.9 Å². The van der Waals surface area contributed by atoms with Gasteiger partial charge in [0.05, 0.1) is 5.69 Å². The van der Waals surface area contributed by atoms with Crippen molar-refractivity contribution in [3.05, 3.63) is 58.9 Å². The van der Waals surface area contributed by atoms with Crippen LogP contribution in [-0.4, -0.2) is 22.7 Å². The van der Waals surface area contributed by atoms with Gasteiger partial charge in [-0.15, -0.1) is 10.2 Å². The van der Waals surface area contributed by atoms with Gasteiger partial charge in [0.2, 0.25) is 11.8 Å². The van der Waals surface area contributed by atoms with E-state index in [0.717, 1.165) is 11.1 Å². The van der Waals surface area contributed by atoms with Crippen LogP contribution in [0.25, 0.3) is 11.5 Å². The molecule has 4 rings (SSSR count). The monoisotopic (exact) mass is 355 g/mol. The Balaban J connectivity index is 1.62. The number of rotatable bonds is 3. The molecule has 0 atom stereocenters. The van der Waals surface area contributed by atoms with Crippen molar-refractivity contribution >= 4 is 23.2 Å². The van der Waals surface area contributed by atoms with Crippen LogP contribution >= 0.6 is 11.6 Å². The van der Waals surface area contributed by atoms with Crippen LogP contribution in [0.4, 0.5) is 5.69 Å². The van der Waals surface area contributed by atoms with Gasteiger partial charge in [0.25, 0.3) is 5.91 Å². The van der Waals surface area contributed by atoms with E-state index in [4.69, 9.17) is 20.8 Å². The second-order valence-electron chi connectivity index (χ2n) is 5.75. The van der Waals surface area contributed by atoms with Crippen molar-refractivity contribution in [3.8, 4) is 17.2 Å². The highest BCUT2D eigenvalue weighted by atomic mass is 35.5. The van der Waals surface area contributed by atoms with Crippen molar-refractivity contribution in [2.45, 2.75) is 13.5 Å². The number of nitrogens with zero attached hydrogens (tertiary/aromatic N) is 3. The summed E-state index contributed by atoms with van der Waals surface area (Å²) in [4.78, 5) is 13.9. The van der Waals surface area contributed by atoms with Crippen LogP contribution in [0.2, 0.25) is 5.02 Å². The summed E-state index contributed by atoms with van der Waals surface area (Å²) in [6, 6.07) is 12.8. The summed E-state index contributed by atoms with van der Waals surface area (Å²) in [5, 5.41) is 8.74. The van der Waals surface area contributed by atoms with E-state index in [9.17, 15) is 4.79 Å². The van der Waals surface area contributed by atoms with Crippen molar-refractivity contribution in [1.82, 2.24) is 10.2 Å². The first kappa shape index (κ1) is 15.7. The molecule has 0 bridgehead atoms. The molecule has 0 fully saturated rings. The number of hydrogen-bond donors (Lipinski definition) is 0. The van der Waals surface area contributed by atoms with Crippen LogP contribution in [0.5, 0.6) is 5.75 Å². The van der Waals surface area contributed by atoms with Gasteiger partial charge >= 0.3 is 0 Å². The highest BCUT2D eigenvalue weighted by Crippen LogP contribution is 2.34. The van der Waals surface area contributed by atoms with Crippen LogP contribution in [-0.2, 0) is 11.3 Å². The Morgan fingerprint density at radius 3 is 2.76 bits per heavy atom. The zero-order valence-corrected chi connectivity index (χ0v) is 14.2. The number of fused-ring (bicyclic) bond motifs is 1. The van der Waals surface area contributed by atoms with E-state index in [0.29, 0.717) is 28.2 Å². The Kier molecular flexibility index (Phi) is 3.89. The van der Waals surface area contributed by atoms with Gasteiger partial charge in [0, 0.05) is 10.6 Å². The molecule has 0 N–H and O–H groups in total. The maximum atomic E-state index is 12.3. The van der Waals surface area contributed by atoms with E-state index < -0.39 is 0 Å². The lowest BCUT2D eigenvalue weighted by atomic mass is 10.1. The molecule has 0 aliphatic carbocycles. The molecule has 2 heterocycles. The maximum absolute atomic E-state index is 12.3. The first-order valence-electron chi connectivity index (χ1n) is 7.72. The summed E-state index contributed by atoms with van der Waals surface area (Å²) in [6.45, 7) is 2.15. The second-order valence-corrected chi connectivity index (χ2v) is 6.18. The number of hydrogen-bond acceptors (Lipinski definition) is 5. The van der Waals surface area contributed by atoms with Crippen molar-refractivity contribution in [2.75, 3.05) is 11.5 Å². The normalized spacial score (nSPS) is 13.5. The quantitative estimate of drug-likeness (QED) is 0.717. The van der Waals surface area contributed by atoms with Crippen molar-refractivity contribution in [1.29, 1.82) is 0 Å². The third-order valence-corrected chi connectivity index (χ3v) is 4.16. The summed E-state index contributed by atoms with van der Waals surface area (Å²) in [6.07, 6.45) is 0. The number of aryl methyl sites for hydroxylation is 1. The number of aromatic nitrogens is 2. The zero-order chi connectivity index (χ0) is 17.4. The topological polar surface area (TPSA) is 68.5 Å². The Hall–Kier alpha value is -2.86. The van der Waals surface area contributed by atoms with Crippen LogP contribution in [0.15, 0.2) is 46.9 Å². The average molecular weight is 356 g/mol. The standard InChI is InChI=1S/C18H14ClN3O3/c1-11-2-7-15-14(8-11)22(17(23)10-24-15)9-16-20-21-18(25-16)12-3-5-13(19)6-4-12/h2-8H,9-10H2,1H3. The minimum atomic E-state index is -0.149. The third kappa shape index (κ3) is 3.08. The van der Waals surface area contributed by atoms with E-state index in [2.05, 4.69) is 10.2 Å². The van der Waals surface area contributed by atoms with Gasteiger partial charge in [0.15, 0.2) is 6.61 Å². The molecule has 25 heavy (non-hydrogen) atoms. The highest BCUT2D eigenvalue weighted by molar-refractivity contribution is 6.30. The number of benzene rings is 2. The van der Waals surface area contributed by atoms with Crippen LogP contribution in [0.3, 0.4) is 0 Å². The molecule has 1 aromatic heterocycles. The average Bonchev–Trinajstić information content (AvgIpc) is 3.07. The predicted molar refractivity (Wildman–Crippen MR) is 92.6 cm³/mol. The van der Waals surface area contributed by atoms with Gasteiger partial charge in [-0.25, -0.2) is 0 Å². The van der Waals surface area contributed by atoms with Crippen LogP contribution < -0.4 is 9.64 Å². The van der Waals surface area contributed by atoms with Gasteiger partial charge in [-0.1, -0.05) is 17.7 Å². The lowest BCUT2D eigenvalue weighted by molar-refractivity contribution is -0.121. The van der Waals surface area contributed by atoms with Crippen molar-refractivity contribution in [3.63, 3.8) is 0 Å². The molecule has 126 valence electrons. The van der Waals surface area contributed by atoms with E-state index in [1.807, 2.05) is 25.1 Å². The predicted octanol–water partition coefficient (Wildman–Crippen LogP) is 3.62. The fraction of sp³-hybridized carbons (Fsp3) is 0.167. The number of anilines is 1. The molecular formula is C18H14ClN3O3. The minimum Gasteiger partial charge on any atom is -0.482 e. The molecule has 1 aliphatic rings. The molecule has 0 saturated heterocycles. The number of carbonyl (C=O) groups is 1. The van der Waals surface area contributed by atoms with E-state index in [1.165, 1.54) is 0 Å². The molecule has 0 radical (unpaired) electrons. The minimum absolute atomic E-state index is 0.00571. The molecule has 0 spiro atoms. The Morgan fingerprint density at radius 1 is 1.16 bits per heavy atom. The molecular weight excluding hydrogens is 342 g/mol. The summed E-state index contributed by atoms with van der Waals surface area (Å²) in [5.74, 6) is 1.26. The van der Waals surface area contributed by atoms with Gasteiger partial charge in [-0.3, -0.25) is 9.69 Å². The number of amides is 1. The molecule has 0 unspecified atom stereocenters. The largest absolute Gasteiger partial charge is 0.482 e. The number of ether oxygens (including phenoxy) is 1. The van der Waals surface area contributed by atoms with Crippen LogP contribution in [0.1, 0.15) is 11.5 Å². The first-order valence-corrected chi connectivity index (χ1v) is 8.10. The van der Waals surface area contributed by atoms with Crippen molar-refractivity contribution in [2.24, 2.45) is 0 Å². The second kappa shape index (κ2) is 6.22. The summed E-state index contributed by atoms with van der Waals surface area (Å²) >= 11 is 5.89. The third-order valence-electron chi connectivity index (χ3n) is 3.91. The first-order chi connectivity index (χ1) is 12.1. The van der Waals surface area contributed by atoms with Gasteiger partial charge < -0.3 is 9.15 Å². The fourth-order valence-corrected chi connectivity index (χ4v) is 2.77. The number of carbonyl (C=O) groups excluding carboxylic acids is 1. The molecule has 7 heteroatoms. The SMILES string of the molecule is Cc1ccc2c(c1)N(Cc1nnc(-c3ccc(Cl)cc3)o1)C(=O)CO2. The molecule has 3 aromatic rings. The summed E-state index contributed by atoms with van der Waals surface area (Å²) in [7, 11) is 0. The molecule has 6 nitrogen and oxygen atoms in total. The maximum Gasteiger partial charge on any atom is 0.265 e. The molecule has 1 aliphatic heterocycles.